The predicted molar refractivity (Wildman–Crippen MR) is 58.2 cm³/mol. The molecule has 2 rings (SSSR count). The summed E-state index contributed by atoms with van der Waals surface area (Å²) in [6.07, 6.45) is 5.28. The van der Waals surface area contributed by atoms with Gasteiger partial charge in [-0.2, -0.15) is 0 Å². The van der Waals surface area contributed by atoms with Gasteiger partial charge < -0.3 is 10.4 Å². The Labute approximate surface area is 91.2 Å². The van der Waals surface area contributed by atoms with Crippen molar-refractivity contribution in [2.45, 2.75) is 45.1 Å². The third-order valence-corrected chi connectivity index (χ3v) is 3.90. The van der Waals surface area contributed by atoms with Crippen molar-refractivity contribution in [3.63, 3.8) is 0 Å². The van der Waals surface area contributed by atoms with Crippen LogP contribution in [0.4, 0.5) is 0 Å². The smallest absolute Gasteiger partial charge is 0.223 e. The van der Waals surface area contributed by atoms with E-state index in [0.717, 1.165) is 19.3 Å². The Balaban J connectivity index is 1.70. The second kappa shape index (κ2) is 4.52. The van der Waals surface area contributed by atoms with Crippen LogP contribution in [-0.2, 0) is 4.79 Å². The molecule has 0 aliphatic heterocycles. The van der Waals surface area contributed by atoms with E-state index in [4.69, 9.17) is 0 Å². The van der Waals surface area contributed by atoms with Gasteiger partial charge in [0.1, 0.15) is 0 Å². The monoisotopic (exact) mass is 211 g/mol. The maximum Gasteiger partial charge on any atom is 0.223 e. The fourth-order valence-electron chi connectivity index (χ4n) is 2.46. The van der Waals surface area contributed by atoms with Crippen LogP contribution in [0, 0.1) is 17.8 Å². The quantitative estimate of drug-likeness (QED) is 0.736. The molecule has 0 aromatic heterocycles. The van der Waals surface area contributed by atoms with Crippen LogP contribution < -0.4 is 5.32 Å². The number of rotatable bonds is 4. The van der Waals surface area contributed by atoms with E-state index in [9.17, 15) is 9.90 Å². The maximum atomic E-state index is 11.7. The Kier molecular flexibility index (Phi) is 3.29. The fourth-order valence-corrected chi connectivity index (χ4v) is 2.46. The lowest BCUT2D eigenvalue weighted by Gasteiger charge is -2.17. The highest BCUT2D eigenvalue weighted by atomic mass is 16.3. The third kappa shape index (κ3) is 2.71. The van der Waals surface area contributed by atoms with E-state index in [1.54, 1.807) is 0 Å². The minimum Gasteiger partial charge on any atom is -0.393 e. The fraction of sp³-hybridized carbons (Fsp3) is 0.917. The molecule has 0 aromatic carbocycles. The van der Waals surface area contributed by atoms with Crippen molar-refractivity contribution in [3.8, 4) is 0 Å². The summed E-state index contributed by atoms with van der Waals surface area (Å²) < 4.78 is 0. The van der Waals surface area contributed by atoms with Gasteiger partial charge >= 0.3 is 0 Å². The molecule has 2 saturated carbocycles. The van der Waals surface area contributed by atoms with Gasteiger partial charge in [-0.15, -0.1) is 0 Å². The Bertz CT molecular complexity index is 238. The summed E-state index contributed by atoms with van der Waals surface area (Å²) in [4.78, 5) is 11.7. The van der Waals surface area contributed by atoms with Crippen molar-refractivity contribution in [2.75, 3.05) is 6.54 Å². The van der Waals surface area contributed by atoms with Gasteiger partial charge in [0.15, 0.2) is 0 Å². The predicted octanol–water partition coefficient (Wildman–Crippen LogP) is 1.31. The highest BCUT2D eigenvalue weighted by Gasteiger charge is 2.33. The zero-order valence-electron chi connectivity index (χ0n) is 9.41. The van der Waals surface area contributed by atoms with Crippen LogP contribution in [0.15, 0.2) is 0 Å². The van der Waals surface area contributed by atoms with Crippen LogP contribution in [0.2, 0.25) is 0 Å². The van der Waals surface area contributed by atoms with Crippen LogP contribution in [0.25, 0.3) is 0 Å². The van der Waals surface area contributed by atoms with E-state index in [2.05, 4.69) is 5.32 Å². The van der Waals surface area contributed by atoms with Gasteiger partial charge in [-0.3, -0.25) is 4.79 Å². The van der Waals surface area contributed by atoms with Gasteiger partial charge in [0.05, 0.1) is 6.10 Å². The zero-order chi connectivity index (χ0) is 10.8. The molecule has 1 amide bonds. The molecule has 3 unspecified atom stereocenters. The van der Waals surface area contributed by atoms with Crippen molar-refractivity contribution in [2.24, 2.45) is 17.8 Å². The first kappa shape index (κ1) is 10.9. The molecule has 0 heterocycles. The molecule has 0 spiro atoms. The number of amides is 1. The van der Waals surface area contributed by atoms with Crippen LogP contribution in [0.3, 0.4) is 0 Å². The van der Waals surface area contributed by atoms with Crippen molar-refractivity contribution >= 4 is 5.91 Å². The highest BCUT2D eigenvalue weighted by Crippen LogP contribution is 2.36. The van der Waals surface area contributed by atoms with Crippen molar-refractivity contribution in [1.82, 2.24) is 5.32 Å². The van der Waals surface area contributed by atoms with Gasteiger partial charge in [0.2, 0.25) is 5.91 Å². The number of hydrogen-bond acceptors (Lipinski definition) is 2. The molecular formula is C12H21NO2. The lowest BCUT2D eigenvalue weighted by molar-refractivity contribution is -0.125. The summed E-state index contributed by atoms with van der Waals surface area (Å²) in [5, 5.41) is 12.6. The topological polar surface area (TPSA) is 49.3 Å². The van der Waals surface area contributed by atoms with Crippen LogP contribution in [0.5, 0.6) is 0 Å². The van der Waals surface area contributed by atoms with Crippen LogP contribution >= 0.6 is 0 Å². The Morgan fingerprint density at radius 1 is 1.40 bits per heavy atom. The van der Waals surface area contributed by atoms with Crippen molar-refractivity contribution in [3.05, 3.63) is 0 Å². The molecule has 15 heavy (non-hydrogen) atoms. The summed E-state index contributed by atoms with van der Waals surface area (Å²) in [7, 11) is 0. The molecule has 0 bridgehead atoms. The number of aliphatic hydroxyl groups is 1. The van der Waals surface area contributed by atoms with Gasteiger partial charge in [-0.25, -0.2) is 0 Å². The summed E-state index contributed by atoms with van der Waals surface area (Å²) in [6.45, 7) is 2.68. The molecule has 2 aliphatic rings. The number of aliphatic hydroxyl groups excluding tert-OH is 1. The largest absolute Gasteiger partial charge is 0.393 e. The van der Waals surface area contributed by atoms with E-state index in [1.807, 2.05) is 6.92 Å². The minimum atomic E-state index is -0.193. The van der Waals surface area contributed by atoms with Gasteiger partial charge in [-0.05, 0) is 31.6 Å². The SMILES string of the molecule is CC(C(=O)NCC1CCCC1O)C1CC1. The number of carbonyl (C=O) groups excluding carboxylic acids is 1. The van der Waals surface area contributed by atoms with E-state index >= 15 is 0 Å². The molecule has 2 aliphatic carbocycles. The maximum absolute atomic E-state index is 11.7. The summed E-state index contributed by atoms with van der Waals surface area (Å²) in [6, 6.07) is 0. The highest BCUT2D eigenvalue weighted by molar-refractivity contribution is 5.78. The molecule has 0 radical (unpaired) electrons. The molecule has 0 aromatic rings. The standard InChI is InChI=1S/C12H21NO2/c1-8(9-5-6-9)12(15)13-7-10-3-2-4-11(10)14/h8-11,14H,2-7H2,1H3,(H,13,15). The van der Waals surface area contributed by atoms with Gasteiger partial charge in [0, 0.05) is 18.4 Å². The molecule has 3 nitrogen and oxygen atoms in total. The van der Waals surface area contributed by atoms with E-state index in [0.29, 0.717) is 18.4 Å². The molecule has 86 valence electrons. The first-order valence-electron chi connectivity index (χ1n) is 6.14. The van der Waals surface area contributed by atoms with Gasteiger partial charge in [-0.1, -0.05) is 13.3 Å². The van der Waals surface area contributed by atoms with Gasteiger partial charge in [0.25, 0.3) is 0 Å². The lowest BCUT2D eigenvalue weighted by atomic mass is 10.0. The van der Waals surface area contributed by atoms with Crippen molar-refractivity contribution < 1.29 is 9.90 Å². The number of hydrogen-bond donors (Lipinski definition) is 2. The Hall–Kier alpha value is -0.570. The minimum absolute atomic E-state index is 0.170. The number of nitrogens with one attached hydrogen (secondary N) is 1. The first-order valence-corrected chi connectivity index (χ1v) is 6.14. The average Bonchev–Trinajstić information content (AvgIpc) is 2.99. The van der Waals surface area contributed by atoms with E-state index in [1.165, 1.54) is 12.8 Å². The second-order valence-corrected chi connectivity index (χ2v) is 5.13. The Morgan fingerprint density at radius 2 is 2.13 bits per heavy atom. The first-order chi connectivity index (χ1) is 7.18. The van der Waals surface area contributed by atoms with Crippen LogP contribution in [0.1, 0.15) is 39.0 Å². The third-order valence-electron chi connectivity index (χ3n) is 3.90. The molecule has 3 atom stereocenters. The van der Waals surface area contributed by atoms with Crippen LogP contribution in [-0.4, -0.2) is 23.7 Å². The lowest BCUT2D eigenvalue weighted by Crippen LogP contribution is -2.36. The summed E-state index contributed by atoms with van der Waals surface area (Å²) in [5.41, 5.74) is 0. The van der Waals surface area contributed by atoms with E-state index < -0.39 is 0 Å². The molecule has 2 fully saturated rings. The average molecular weight is 211 g/mol. The molecule has 0 saturated heterocycles. The zero-order valence-corrected chi connectivity index (χ0v) is 9.41. The number of carbonyl (C=O) groups is 1. The second-order valence-electron chi connectivity index (χ2n) is 5.13. The molecule has 2 N–H and O–H groups in total. The normalized spacial score (nSPS) is 32.7. The summed E-state index contributed by atoms with van der Waals surface area (Å²) >= 11 is 0. The summed E-state index contributed by atoms with van der Waals surface area (Å²) in [5.74, 6) is 1.26. The molecule has 3 heteroatoms. The Morgan fingerprint density at radius 3 is 2.67 bits per heavy atom. The van der Waals surface area contributed by atoms with E-state index in [-0.39, 0.29) is 17.9 Å². The van der Waals surface area contributed by atoms with Crippen molar-refractivity contribution in [1.29, 1.82) is 0 Å². The molecular weight excluding hydrogens is 190 g/mol.